The van der Waals surface area contributed by atoms with Gasteiger partial charge in [-0.2, -0.15) is 13.2 Å². The zero-order valence-corrected chi connectivity index (χ0v) is 12.5. The molecule has 0 unspecified atom stereocenters. The second-order valence-electron chi connectivity index (χ2n) is 4.38. The van der Waals surface area contributed by atoms with Crippen molar-refractivity contribution in [3.05, 3.63) is 40.4 Å². The average molecular weight is 323 g/mol. The van der Waals surface area contributed by atoms with Gasteiger partial charge in [0, 0.05) is 10.7 Å². The lowest BCUT2D eigenvalue weighted by atomic mass is 10.2. The van der Waals surface area contributed by atoms with Crippen LogP contribution in [0.5, 0.6) is 0 Å². The molecule has 2 N–H and O–H groups in total. The molecule has 1 aromatic carbocycles. The molecule has 0 atom stereocenters. The van der Waals surface area contributed by atoms with E-state index in [-0.39, 0.29) is 17.3 Å². The molecular weight excluding hydrogens is 309 g/mol. The summed E-state index contributed by atoms with van der Waals surface area (Å²) in [5, 5.41) is 0.443. The lowest BCUT2D eigenvalue weighted by molar-refractivity contribution is -0.137. The fourth-order valence-corrected chi connectivity index (χ4v) is 1.73. The van der Waals surface area contributed by atoms with Gasteiger partial charge in [-0.25, -0.2) is 0 Å². The van der Waals surface area contributed by atoms with E-state index in [0.29, 0.717) is 5.03 Å². The molecular formula is C13H14ClF3N2S. The average Bonchev–Trinajstić information content (AvgIpc) is 2.34. The van der Waals surface area contributed by atoms with Crippen LogP contribution in [0, 0.1) is 0 Å². The Morgan fingerprint density at radius 2 is 1.95 bits per heavy atom. The molecule has 0 fully saturated rings. The number of hydrogen-bond donors (Lipinski definition) is 1. The molecule has 0 bridgehead atoms. The summed E-state index contributed by atoms with van der Waals surface area (Å²) in [7, 11) is 0. The highest BCUT2D eigenvalue weighted by Gasteiger charge is 2.31. The molecule has 0 radical (unpaired) electrons. The predicted octanol–water partition coefficient (Wildman–Crippen LogP) is 4.29. The van der Waals surface area contributed by atoms with E-state index in [1.54, 1.807) is 13.8 Å². The molecule has 1 aromatic rings. The van der Waals surface area contributed by atoms with E-state index in [1.807, 2.05) is 0 Å². The number of allylic oxidation sites excluding steroid dienone is 1. The Morgan fingerprint density at radius 3 is 2.40 bits per heavy atom. The van der Waals surface area contributed by atoms with E-state index in [9.17, 15) is 13.2 Å². The molecule has 0 aliphatic carbocycles. The third kappa shape index (κ3) is 4.38. The second-order valence-corrected chi connectivity index (χ2v) is 5.25. The van der Waals surface area contributed by atoms with E-state index in [1.165, 1.54) is 17.0 Å². The van der Waals surface area contributed by atoms with Crippen LogP contribution in [-0.4, -0.2) is 11.7 Å². The first-order valence-electron chi connectivity index (χ1n) is 5.69. The largest absolute Gasteiger partial charge is 0.416 e. The first kappa shape index (κ1) is 16.8. The molecule has 0 spiro atoms. The molecule has 1 rings (SSSR count). The minimum Gasteiger partial charge on any atom is -0.376 e. The Hall–Kier alpha value is -1.27. The molecule has 0 aliphatic heterocycles. The highest BCUT2D eigenvalue weighted by atomic mass is 35.5. The van der Waals surface area contributed by atoms with Gasteiger partial charge in [-0.15, -0.1) is 0 Å². The van der Waals surface area contributed by atoms with Gasteiger partial charge in [0.1, 0.15) is 0 Å². The summed E-state index contributed by atoms with van der Waals surface area (Å²) in [5.41, 5.74) is 5.91. The lowest BCUT2D eigenvalue weighted by Gasteiger charge is -2.24. The van der Waals surface area contributed by atoms with Gasteiger partial charge in [-0.05, 0) is 44.3 Å². The highest BCUT2D eigenvalue weighted by molar-refractivity contribution is 7.80. The molecule has 0 heterocycles. The number of anilines is 1. The van der Waals surface area contributed by atoms with Crippen molar-refractivity contribution in [2.45, 2.75) is 20.0 Å². The summed E-state index contributed by atoms with van der Waals surface area (Å²) >= 11 is 10.9. The van der Waals surface area contributed by atoms with Crippen LogP contribution in [0.15, 0.2) is 34.9 Å². The Bertz CT molecular complexity index is 537. The molecule has 0 amide bonds. The molecule has 110 valence electrons. The quantitative estimate of drug-likeness (QED) is 0.842. The van der Waals surface area contributed by atoms with Crippen molar-refractivity contribution in [2.75, 3.05) is 11.4 Å². The third-order valence-corrected chi connectivity index (χ3v) is 3.31. The van der Waals surface area contributed by atoms with E-state index in [2.05, 4.69) is 0 Å². The van der Waals surface area contributed by atoms with E-state index in [4.69, 9.17) is 29.6 Å². The summed E-state index contributed by atoms with van der Waals surface area (Å²) in [4.78, 5) is 1.36. The van der Waals surface area contributed by atoms with Crippen molar-refractivity contribution < 1.29 is 13.2 Å². The zero-order valence-electron chi connectivity index (χ0n) is 11.0. The fourth-order valence-electron chi connectivity index (χ4n) is 1.44. The van der Waals surface area contributed by atoms with Crippen LogP contribution >= 0.6 is 23.8 Å². The monoisotopic (exact) mass is 322 g/mol. The van der Waals surface area contributed by atoms with Crippen molar-refractivity contribution >= 4 is 34.6 Å². The van der Waals surface area contributed by atoms with Gasteiger partial charge >= 0.3 is 6.18 Å². The number of rotatable bonds is 3. The van der Waals surface area contributed by atoms with Crippen LogP contribution in [0.1, 0.15) is 19.4 Å². The molecule has 0 saturated heterocycles. The van der Waals surface area contributed by atoms with Crippen LogP contribution in [0.25, 0.3) is 0 Å². The van der Waals surface area contributed by atoms with Gasteiger partial charge in [0.25, 0.3) is 0 Å². The summed E-state index contributed by atoms with van der Waals surface area (Å²) in [6, 6.07) is 4.79. The molecule has 20 heavy (non-hydrogen) atoms. The molecule has 2 nitrogen and oxygen atoms in total. The molecule has 0 saturated carbocycles. The van der Waals surface area contributed by atoms with Crippen molar-refractivity contribution in [2.24, 2.45) is 5.73 Å². The summed E-state index contributed by atoms with van der Waals surface area (Å²) in [6.45, 7) is 3.74. The van der Waals surface area contributed by atoms with Crippen molar-refractivity contribution in [3.8, 4) is 0 Å². The summed E-state index contributed by atoms with van der Waals surface area (Å²) in [5.74, 6) is 0. The maximum atomic E-state index is 12.7. The molecule has 0 aromatic heterocycles. The van der Waals surface area contributed by atoms with E-state index >= 15 is 0 Å². The molecule has 0 aliphatic rings. The number of benzene rings is 1. The number of nitrogens with zero attached hydrogens (tertiary/aromatic N) is 1. The maximum Gasteiger partial charge on any atom is 0.416 e. The van der Waals surface area contributed by atoms with Crippen molar-refractivity contribution in [1.29, 1.82) is 0 Å². The summed E-state index contributed by atoms with van der Waals surface area (Å²) in [6.07, 6.45) is -4.42. The predicted molar refractivity (Wildman–Crippen MR) is 79.8 cm³/mol. The lowest BCUT2D eigenvalue weighted by Crippen LogP contribution is -2.36. The van der Waals surface area contributed by atoms with Gasteiger partial charge in [0.05, 0.1) is 12.1 Å². The van der Waals surface area contributed by atoms with Gasteiger partial charge in [0.15, 0.2) is 5.11 Å². The van der Waals surface area contributed by atoms with Gasteiger partial charge in [-0.3, -0.25) is 0 Å². The van der Waals surface area contributed by atoms with E-state index < -0.39 is 11.7 Å². The number of thiocarbonyl (C=S) groups is 1. The number of hydrogen-bond acceptors (Lipinski definition) is 1. The van der Waals surface area contributed by atoms with Crippen LogP contribution in [0.3, 0.4) is 0 Å². The van der Waals surface area contributed by atoms with Crippen LogP contribution < -0.4 is 10.6 Å². The normalized spacial score (nSPS) is 11.1. The van der Waals surface area contributed by atoms with Gasteiger partial charge in [-0.1, -0.05) is 23.2 Å². The van der Waals surface area contributed by atoms with E-state index in [0.717, 1.165) is 17.7 Å². The number of alkyl halides is 3. The van der Waals surface area contributed by atoms with Crippen molar-refractivity contribution in [1.82, 2.24) is 0 Å². The minimum absolute atomic E-state index is 0.0382. The minimum atomic E-state index is -4.42. The van der Waals surface area contributed by atoms with Crippen LogP contribution in [0.4, 0.5) is 18.9 Å². The first-order chi connectivity index (χ1) is 9.12. The highest BCUT2D eigenvalue weighted by Crippen LogP contribution is 2.32. The van der Waals surface area contributed by atoms with Crippen LogP contribution in [-0.2, 0) is 6.18 Å². The smallest absolute Gasteiger partial charge is 0.376 e. The zero-order chi connectivity index (χ0) is 15.5. The summed E-state index contributed by atoms with van der Waals surface area (Å²) < 4.78 is 38.1. The Morgan fingerprint density at radius 1 is 1.35 bits per heavy atom. The Kier molecular flexibility index (Phi) is 5.42. The molecule has 7 heteroatoms. The van der Waals surface area contributed by atoms with Gasteiger partial charge < -0.3 is 10.6 Å². The van der Waals surface area contributed by atoms with Crippen molar-refractivity contribution in [3.63, 3.8) is 0 Å². The second kappa shape index (κ2) is 6.45. The topological polar surface area (TPSA) is 29.3 Å². The van der Waals surface area contributed by atoms with Gasteiger partial charge in [0.2, 0.25) is 0 Å². The Labute approximate surface area is 126 Å². The fraction of sp³-hybridized carbons (Fsp3) is 0.308. The number of nitrogens with two attached hydrogens (primary N) is 1. The van der Waals surface area contributed by atoms with Crippen LogP contribution in [0.2, 0.25) is 0 Å². The number of halogens is 4. The first-order valence-corrected chi connectivity index (χ1v) is 6.47. The SMILES string of the molecule is CC(C)=C(Cl)CN(C(N)=S)c1cccc(C(F)(F)F)c1. The third-order valence-electron chi connectivity index (χ3n) is 2.59. The standard InChI is InChI=1S/C13H14ClF3N2S/c1-8(2)11(14)7-19(12(18)20)10-5-3-4-9(6-10)13(15,16)17/h3-6H,7H2,1-2H3,(H2,18,20). The maximum absolute atomic E-state index is 12.7. The Balaban J connectivity index is 3.17.